The van der Waals surface area contributed by atoms with Gasteiger partial charge < -0.3 is 0 Å². The van der Waals surface area contributed by atoms with Crippen LogP contribution in [-0.4, -0.2) is 0 Å². The third-order valence-electron chi connectivity index (χ3n) is 3.80. The van der Waals surface area contributed by atoms with Gasteiger partial charge in [0.25, 0.3) is 0 Å². The maximum Gasteiger partial charge on any atom is -0.0196 e. The van der Waals surface area contributed by atoms with E-state index in [1.165, 1.54) is 25.7 Å². The topological polar surface area (TPSA) is 0 Å². The Morgan fingerprint density at radius 3 is 2.69 bits per heavy atom. The summed E-state index contributed by atoms with van der Waals surface area (Å²) in [5, 5.41) is 0. The summed E-state index contributed by atoms with van der Waals surface area (Å²) in [4.78, 5) is 0. The van der Waals surface area contributed by atoms with E-state index in [4.69, 9.17) is 0 Å². The molecule has 0 aromatic carbocycles. The molecule has 3 atom stereocenters. The molecule has 0 N–H and O–H groups in total. The standard InChI is InChI=1S/C13H20/c1-3-10(4-2)7-13-9-11-5-6-12(13)8-11/h3,5-6,11-13H,4,7-9H2,1-2H3/b10-3+. The summed E-state index contributed by atoms with van der Waals surface area (Å²) in [6.07, 6.45) is 12.7. The smallest absolute Gasteiger partial charge is 0.0196 e. The van der Waals surface area contributed by atoms with Crippen molar-refractivity contribution in [1.82, 2.24) is 0 Å². The first-order chi connectivity index (χ1) is 6.33. The van der Waals surface area contributed by atoms with Gasteiger partial charge in [0.2, 0.25) is 0 Å². The minimum absolute atomic E-state index is 0.923. The van der Waals surface area contributed by atoms with Gasteiger partial charge in [-0.2, -0.15) is 0 Å². The van der Waals surface area contributed by atoms with Crippen LogP contribution in [-0.2, 0) is 0 Å². The van der Waals surface area contributed by atoms with Crippen LogP contribution in [0, 0.1) is 17.8 Å². The lowest BCUT2D eigenvalue weighted by Crippen LogP contribution is -2.07. The van der Waals surface area contributed by atoms with Crippen LogP contribution in [0.5, 0.6) is 0 Å². The molecule has 2 aliphatic rings. The SMILES string of the molecule is C/C=C(\CC)CC1CC2C=CC1C2. The van der Waals surface area contributed by atoms with Crippen molar-refractivity contribution in [1.29, 1.82) is 0 Å². The number of hydrogen-bond acceptors (Lipinski definition) is 0. The van der Waals surface area contributed by atoms with Crippen molar-refractivity contribution < 1.29 is 0 Å². The fraction of sp³-hybridized carbons (Fsp3) is 0.692. The highest BCUT2D eigenvalue weighted by Crippen LogP contribution is 2.46. The van der Waals surface area contributed by atoms with E-state index in [1.807, 2.05) is 0 Å². The van der Waals surface area contributed by atoms with E-state index >= 15 is 0 Å². The van der Waals surface area contributed by atoms with E-state index in [1.54, 1.807) is 5.57 Å². The number of hydrogen-bond donors (Lipinski definition) is 0. The van der Waals surface area contributed by atoms with Crippen LogP contribution in [0.4, 0.5) is 0 Å². The molecule has 3 unspecified atom stereocenters. The highest BCUT2D eigenvalue weighted by atomic mass is 14.4. The van der Waals surface area contributed by atoms with Gasteiger partial charge in [0, 0.05) is 0 Å². The second-order valence-corrected chi connectivity index (χ2v) is 4.54. The summed E-state index contributed by atoms with van der Waals surface area (Å²) in [5.41, 5.74) is 1.66. The molecule has 0 nitrogen and oxygen atoms in total. The lowest BCUT2D eigenvalue weighted by atomic mass is 9.87. The van der Waals surface area contributed by atoms with Crippen LogP contribution in [0.2, 0.25) is 0 Å². The fourth-order valence-corrected chi connectivity index (χ4v) is 2.93. The molecule has 1 saturated carbocycles. The van der Waals surface area contributed by atoms with E-state index in [0.29, 0.717) is 0 Å². The Morgan fingerprint density at radius 1 is 1.38 bits per heavy atom. The molecule has 0 saturated heterocycles. The number of fused-ring (bicyclic) bond motifs is 2. The van der Waals surface area contributed by atoms with Crippen LogP contribution < -0.4 is 0 Å². The Morgan fingerprint density at radius 2 is 2.23 bits per heavy atom. The molecule has 2 bridgehead atoms. The van der Waals surface area contributed by atoms with Crippen LogP contribution in [0.3, 0.4) is 0 Å². The minimum Gasteiger partial charge on any atom is -0.0885 e. The van der Waals surface area contributed by atoms with Gasteiger partial charge in [0.1, 0.15) is 0 Å². The van der Waals surface area contributed by atoms with Gasteiger partial charge in [0.15, 0.2) is 0 Å². The first kappa shape index (κ1) is 9.05. The molecule has 13 heavy (non-hydrogen) atoms. The van der Waals surface area contributed by atoms with Gasteiger partial charge in [-0.1, -0.05) is 30.7 Å². The van der Waals surface area contributed by atoms with Gasteiger partial charge in [0.05, 0.1) is 0 Å². The lowest BCUT2D eigenvalue weighted by Gasteiger charge is -2.19. The average molecular weight is 176 g/mol. The molecule has 2 aliphatic carbocycles. The maximum absolute atomic E-state index is 2.46. The molecule has 0 aromatic heterocycles. The Labute approximate surface area is 81.7 Å². The molecule has 1 fully saturated rings. The zero-order chi connectivity index (χ0) is 9.26. The molecule has 0 aliphatic heterocycles. The fourth-order valence-electron chi connectivity index (χ4n) is 2.93. The first-order valence-electron chi connectivity index (χ1n) is 5.65. The highest BCUT2D eigenvalue weighted by molar-refractivity contribution is 5.13. The summed E-state index contributed by atoms with van der Waals surface area (Å²) in [6.45, 7) is 4.46. The highest BCUT2D eigenvalue weighted by Gasteiger charge is 2.35. The monoisotopic (exact) mass is 176 g/mol. The van der Waals surface area contributed by atoms with Crippen molar-refractivity contribution in [3.63, 3.8) is 0 Å². The molecule has 72 valence electrons. The minimum atomic E-state index is 0.923. The third kappa shape index (κ3) is 1.72. The summed E-state index contributed by atoms with van der Waals surface area (Å²) >= 11 is 0. The second-order valence-electron chi connectivity index (χ2n) is 4.54. The van der Waals surface area contributed by atoms with Gasteiger partial charge in [-0.05, 0) is 50.4 Å². The average Bonchev–Trinajstić information content (AvgIpc) is 2.75. The van der Waals surface area contributed by atoms with Gasteiger partial charge in [-0.3, -0.25) is 0 Å². The molecular formula is C13H20. The van der Waals surface area contributed by atoms with E-state index < -0.39 is 0 Å². The normalized spacial score (nSPS) is 37.4. The van der Waals surface area contributed by atoms with Crippen molar-refractivity contribution in [2.45, 2.75) is 39.5 Å². The van der Waals surface area contributed by atoms with Gasteiger partial charge in [-0.25, -0.2) is 0 Å². The summed E-state index contributed by atoms with van der Waals surface area (Å²) in [6, 6.07) is 0. The number of allylic oxidation sites excluding steroid dienone is 4. The zero-order valence-electron chi connectivity index (χ0n) is 8.79. The Bertz CT molecular complexity index is 234. The van der Waals surface area contributed by atoms with Crippen LogP contribution in [0.15, 0.2) is 23.8 Å². The predicted octanol–water partition coefficient (Wildman–Crippen LogP) is 3.95. The third-order valence-corrected chi connectivity index (χ3v) is 3.80. The molecule has 0 heteroatoms. The van der Waals surface area contributed by atoms with Crippen molar-refractivity contribution in [3.8, 4) is 0 Å². The molecule has 0 radical (unpaired) electrons. The summed E-state index contributed by atoms with van der Waals surface area (Å²) < 4.78 is 0. The maximum atomic E-state index is 2.46. The van der Waals surface area contributed by atoms with E-state index in [2.05, 4.69) is 32.1 Å². The van der Waals surface area contributed by atoms with Crippen LogP contribution in [0.1, 0.15) is 39.5 Å². The van der Waals surface area contributed by atoms with Crippen molar-refractivity contribution >= 4 is 0 Å². The Kier molecular flexibility index (Phi) is 2.57. The summed E-state index contributed by atoms with van der Waals surface area (Å²) in [7, 11) is 0. The first-order valence-corrected chi connectivity index (χ1v) is 5.65. The zero-order valence-corrected chi connectivity index (χ0v) is 8.79. The van der Waals surface area contributed by atoms with Gasteiger partial charge in [-0.15, -0.1) is 0 Å². The Hall–Kier alpha value is -0.520. The Balaban J connectivity index is 1.93. The molecule has 0 amide bonds. The second kappa shape index (κ2) is 3.69. The van der Waals surface area contributed by atoms with E-state index in [9.17, 15) is 0 Å². The lowest BCUT2D eigenvalue weighted by molar-refractivity contribution is 0.440. The van der Waals surface area contributed by atoms with E-state index in [0.717, 1.165) is 17.8 Å². The van der Waals surface area contributed by atoms with E-state index in [-0.39, 0.29) is 0 Å². The molecule has 0 aromatic rings. The predicted molar refractivity (Wildman–Crippen MR) is 57.5 cm³/mol. The largest absolute Gasteiger partial charge is 0.0885 e. The molecule has 0 spiro atoms. The van der Waals surface area contributed by atoms with Crippen LogP contribution >= 0.6 is 0 Å². The molecule has 2 rings (SSSR count). The van der Waals surface area contributed by atoms with Crippen molar-refractivity contribution in [2.75, 3.05) is 0 Å². The quantitative estimate of drug-likeness (QED) is 0.571. The summed E-state index contributed by atoms with van der Waals surface area (Å²) in [5.74, 6) is 2.83. The van der Waals surface area contributed by atoms with Crippen molar-refractivity contribution in [2.24, 2.45) is 17.8 Å². The van der Waals surface area contributed by atoms with Crippen LogP contribution in [0.25, 0.3) is 0 Å². The van der Waals surface area contributed by atoms with Crippen molar-refractivity contribution in [3.05, 3.63) is 23.8 Å². The molecular weight excluding hydrogens is 156 g/mol. The van der Waals surface area contributed by atoms with Gasteiger partial charge >= 0.3 is 0 Å². The molecule has 0 heterocycles. The number of rotatable bonds is 3.